The number of halogens is 1. The second-order valence-corrected chi connectivity index (χ2v) is 5.43. The zero-order chi connectivity index (χ0) is 13.5. The van der Waals surface area contributed by atoms with E-state index in [0.717, 1.165) is 27.5 Å². The summed E-state index contributed by atoms with van der Waals surface area (Å²) < 4.78 is 5.52. The Morgan fingerprint density at radius 3 is 3.16 bits per heavy atom. The highest BCUT2D eigenvalue weighted by atomic mass is 79.9. The van der Waals surface area contributed by atoms with Crippen molar-refractivity contribution in [1.82, 2.24) is 4.98 Å². The zero-order valence-electron chi connectivity index (χ0n) is 10.5. The zero-order valence-corrected chi connectivity index (χ0v) is 12.9. The summed E-state index contributed by atoms with van der Waals surface area (Å²) in [6.45, 7) is 2.60. The molecule has 1 aromatic heterocycles. The third-order valence-corrected chi connectivity index (χ3v) is 3.39. The number of benzene rings is 1. The van der Waals surface area contributed by atoms with Crippen LogP contribution in [-0.2, 0) is 0 Å². The number of rotatable bonds is 6. The fraction of sp³-hybridized carbons (Fsp3) is 0.231. The highest BCUT2D eigenvalue weighted by Crippen LogP contribution is 2.15. The van der Waals surface area contributed by atoms with Crippen LogP contribution in [0.5, 0.6) is 5.75 Å². The monoisotopic (exact) mass is 339 g/mol. The quantitative estimate of drug-likeness (QED) is 0.496. The Bertz CT molecular complexity index is 556. The summed E-state index contributed by atoms with van der Waals surface area (Å²) in [5, 5.41) is 7.74. The van der Waals surface area contributed by atoms with E-state index in [1.165, 1.54) is 11.3 Å². The Labute approximate surface area is 124 Å². The van der Waals surface area contributed by atoms with Crippen molar-refractivity contribution in [3.05, 3.63) is 40.9 Å². The van der Waals surface area contributed by atoms with Gasteiger partial charge in [0.2, 0.25) is 5.13 Å². The maximum atomic E-state index is 5.52. The van der Waals surface area contributed by atoms with Crippen molar-refractivity contribution in [2.75, 3.05) is 17.4 Å². The summed E-state index contributed by atoms with van der Waals surface area (Å²) in [6, 6.07) is 7.79. The molecule has 0 radical (unpaired) electrons. The predicted molar refractivity (Wildman–Crippen MR) is 83.8 cm³/mol. The Morgan fingerprint density at radius 1 is 1.53 bits per heavy atom. The van der Waals surface area contributed by atoms with E-state index in [1.807, 2.05) is 36.6 Å². The van der Waals surface area contributed by atoms with E-state index < -0.39 is 0 Å². The summed E-state index contributed by atoms with van der Waals surface area (Å²) in [7, 11) is 0. The molecule has 1 heterocycles. The fourth-order valence-electron chi connectivity index (χ4n) is 1.41. The molecule has 0 spiro atoms. The first-order valence-electron chi connectivity index (χ1n) is 5.78. The van der Waals surface area contributed by atoms with Crippen LogP contribution in [0.3, 0.4) is 0 Å². The Balaban J connectivity index is 1.94. The number of anilines is 1. The van der Waals surface area contributed by atoms with Crippen LogP contribution in [0.15, 0.2) is 34.7 Å². The van der Waals surface area contributed by atoms with Crippen molar-refractivity contribution in [1.29, 1.82) is 0 Å². The van der Waals surface area contributed by atoms with Gasteiger partial charge in [0, 0.05) is 10.7 Å². The van der Waals surface area contributed by atoms with E-state index in [-0.39, 0.29) is 0 Å². The van der Waals surface area contributed by atoms with Gasteiger partial charge in [0.15, 0.2) is 0 Å². The van der Waals surface area contributed by atoms with Crippen LogP contribution in [0.2, 0.25) is 0 Å². The van der Waals surface area contributed by atoms with Crippen LogP contribution in [0.1, 0.15) is 11.3 Å². The van der Waals surface area contributed by atoms with Crippen LogP contribution in [0, 0.1) is 6.92 Å². The molecule has 0 unspecified atom stereocenters. The molecule has 0 aliphatic heterocycles. The van der Waals surface area contributed by atoms with Gasteiger partial charge in [-0.15, -0.1) is 11.3 Å². The van der Waals surface area contributed by atoms with Gasteiger partial charge >= 0.3 is 0 Å². The molecule has 2 aromatic rings. The van der Waals surface area contributed by atoms with Gasteiger partial charge in [-0.05, 0) is 24.6 Å². The van der Waals surface area contributed by atoms with Crippen molar-refractivity contribution in [3.63, 3.8) is 0 Å². The lowest BCUT2D eigenvalue weighted by Gasteiger charge is -2.04. The number of hydrogen-bond donors (Lipinski definition) is 1. The SMILES string of the molecule is Cc1csc(NN=Cc2cccc(OCCBr)c2)n1. The van der Waals surface area contributed by atoms with Crippen molar-refractivity contribution >= 4 is 38.6 Å². The summed E-state index contributed by atoms with van der Waals surface area (Å²) in [5.41, 5.74) is 4.88. The van der Waals surface area contributed by atoms with E-state index in [9.17, 15) is 0 Å². The first-order chi connectivity index (χ1) is 9.28. The van der Waals surface area contributed by atoms with Gasteiger partial charge in [0.1, 0.15) is 5.75 Å². The standard InChI is InChI=1S/C13H14BrN3OS/c1-10-9-19-13(16-10)17-15-8-11-3-2-4-12(7-11)18-6-5-14/h2-4,7-9H,5-6H2,1H3,(H,16,17). The minimum Gasteiger partial charge on any atom is -0.493 e. The lowest BCUT2D eigenvalue weighted by Crippen LogP contribution is -1.98. The highest BCUT2D eigenvalue weighted by molar-refractivity contribution is 9.09. The van der Waals surface area contributed by atoms with Gasteiger partial charge in [-0.2, -0.15) is 5.10 Å². The van der Waals surface area contributed by atoms with Crippen LogP contribution in [0.25, 0.3) is 0 Å². The van der Waals surface area contributed by atoms with Crippen LogP contribution in [0.4, 0.5) is 5.13 Å². The minimum absolute atomic E-state index is 0.650. The molecule has 100 valence electrons. The van der Waals surface area contributed by atoms with Crippen LogP contribution < -0.4 is 10.2 Å². The molecule has 0 bridgehead atoms. The summed E-state index contributed by atoms with van der Waals surface area (Å²) in [5.74, 6) is 0.841. The number of aryl methyl sites for hydroxylation is 1. The molecule has 0 saturated heterocycles. The number of hydrazone groups is 1. The minimum atomic E-state index is 0.650. The second-order valence-electron chi connectivity index (χ2n) is 3.77. The molecule has 1 N–H and O–H groups in total. The first kappa shape index (κ1) is 14.0. The topological polar surface area (TPSA) is 46.5 Å². The number of nitrogens with zero attached hydrogens (tertiary/aromatic N) is 2. The number of nitrogens with one attached hydrogen (secondary N) is 1. The summed E-state index contributed by atoms with van der Waals surface area (Å²) in [6.07, 6.45) is 1.75. The lowest BCUT2D eigenvalue weighted by atomic mass is 10.2. The van der Waals surface area contributed by atoms with E-state index >= 15 is 0 Å². The molecule has 6 heteroatoms. The number of hydrogen-bond acceptors (Lipinski definition) is 5. The molecular formula is C13H14BrN3OS. The van der Waals surface area contributed by atoms with Crippen molar-refractivity contribution in [2.24, 2.45) is 5.10 Å². The molecule has 0 aliphatic rings. The van der Waals surface area contributed by atoms with Gasteiger partial charge in [-0.3, -0.25) is 5.43 Å². The molecule has 4 nitrogen and oxygen atoms in total. The van der Waals surface area contributed by atoms with E-state index in [4.69, 9.17) is 4.74 Å². The average Bonchev–Trinajstić information content (AvgIpc) is 2.83. The number of aromatic nitrogens is 1. The van der Waals surface area contributed by atoms with E-state index in [0.29, 0.717) is 6.61 Å². The van der Waals surface area contributed by atoms with Gasteiger partial charge in [0.25, 0.3) is 0 Å². The molecule has 0 atom stereocenters. The molecule has 2 rings (SSSR count). The molecule has 0 fully saturated rings. The van der Waals surface area contributed by atoms with E-state index in [1.54, 1.807) is 6.21 Å². The Morgan fingerprint density at radius 2 is 2.42 bits per heavy atom. The second kappa shape index (κ2) is 7.25. The van der Waals surface area contributed by atoms with Gasteiger partial charge in [-0.25, -0.2) is 4.98 Å². The maximum absolute atomic E-state index is 5.52. The summed E-state index contributed by atoms with van der Waals surface area (Å²) >= 11 is 4.86. The smallest absolute Gasteiger partial charge is 0.203 e. The molecular weight excluding hydrogens is 326 g/mol. The predicted octanol–water partition coefficient (Wildman–Crippen LogP) is 3.67. The van der Waals surface area contributed by atoms with Gasteiger partial charge in [-0.1, -0.05) is 28.1 Å². The first-order valence-corrected chi connectivity index (χ1v) is 7.78. The van der Waals surface area contributed by atoms with Crippen molar-refractivity contribution < 1.29 is 4.74 Å². The Kier molecular flexibility index (Phi) is 5.35. The van der Waals surface area contributed by atoms with Gasteiger partial charge in [0.05, 0.1) is 18.5 Å². The third kappa shape index (κ3) is 4.65. The normalized spacial score (nSPS) is 10.8. The largest absolute Gasteiger partial charge is 0.493 e. The van der Waals surface area contributed by atoms with Crippen molar-refractivity contribution in [2.45, 2.75) is 6.92 Å². The highest BCUT2D eigenvalue weighted by Gasteiger charge is 1.96. The summed E-state index contributed by atoms with van der Waals surface area (Å²) in [4.78, 5) is 4.26. The van der Waals surface area contributed by atoms with Crippen LogP contribution >= 0.6 is 27.3 Å². The third-order valence-electron chi connectivity index (χ3n) is 2.20. The maximum Gasteiger partial charge on any atom is 0.203 e. The number of ether oxygens (including phenoxy) is 1. The molecule has 19 heavy (non-hydrogen) atoms. The molecule has 0 amide bonds. The Hall–Kier alpha value is -1.40. The fourth-order valence-corrected chi connectivity index (χ4v) is 2.21. The van der Waals surface area contributed by atoms with Crippen LogP contribution in [-0.4, -0.2) is 23.1 Å². The number of alkyl halides is 1. The lowest BCUT2D eigenvalue weighted by molar-refractivity contribution is 0.345. The van der Waals surface area contributed by atoms with Crippen molar-refractivity contribution in [3.8, 4) is 5.75 Å². The molecule has 0 aliphatic carbocycles. The molecule has 1 aromatic carbocycles. The van der Waals surface area contributed by atoms with E-state index in [2.05, 4.69) is 31.4 Å². The average molecular weight is 340 g/mol. The molecule has 0 saturated carbocycles. The number of thiazole rings is 1. The van der Waals surface area contributed by atoms with Gasteiger partial charge < -0.3 is 4.74 Å².